The largest absolute Gasteiger partial charge is 0.466 e. The van der Waals surface area contributed by atoms with Crippen LogP contribution in [0.15, 0.2) is 53.7 Å². The van der Waals surface area contributed by atoms with E-state index in [0.717, 1.165) is 36.0 Å². The van der Waals surface area contributed by atoms with Crippen molar-refractivity contribution < 1.29 is 19.2 Å². The van der Waals surface area contributed by atoms with Crippen LogP contribution >= 0.6 is 0 Å². The molecule has 1 unspecified atom stereocenters. The third-order valence-electron chi connectivity index (χ3n) is 5.82. The second-order valence-electron chi connectivity index (χ2n) is 7.91. The summed E-state index contributed by atoms with van der Waals surface area (Å²) in [7, 11) is 1.34. The summed E-state index contributed by atoms with van der Waals surface area (Å²) in [6, 6.07) is 15.5. The van der Waals surface area contributed by atoms with Gasteiger partial charge in [-0.2, -0.15) is 0 Å². The van der Waals surface area contributed by atoms with Crippen molar-refractivity contribution in [1.82, 2.24) is 5.32 Å². The number of rotatable bonds is 6. The molecule has 30 heavy (non-hydrogen) atoms. The number of aryl methyl sites for hydroxylation is 1. The highest BCUT2D eigenvalue weighted by molar-refractivity contribution is 6.01. The lowest BCUT2D eigenvalue weighted by molar-refractivity contribution is -0.166. The van der Waals surface area contributed by atoms with Crippen molar-refractivity contribution in [3.8, 4) is 0 Å². The van der Waals surface area contributed by atoms with Gasteiger partial charge in [-0.3, -0.25) is 4.79 Å². The van der Waals surface area contributed by atoms with E-state index in [1.807, 2.05) is 42.5 Å². The molecule has 1 N–H and O–H groups in total. The smallest absolute Gasteiger partial charge is 0.353 e. The van der Waals surface area contributed by atoms with Crippen molar-refractivity contribution in [3.05, 3.63) is 70.8 Å². The average molecular weight is 406 g/mol. The summed E-state index contributed by atoms with van der Waals surface area (Å²) in [5.41, 5.74) is 3.54. The maximum atomic E-state index is 12.8. The van der Waals surface area contributed by atoms with Gasteiger partial charge >= 0.3 is 5.97 Å². The SMILES string of the molecule is COC(=O)C1(Cc2ccccc2)CC(CNC(=O)c2cccc3c2CCCC3)=NO1. The van der Waals surface area contributed by atoms with Crippen molar-refractivity contribution in [2.45, 2.75) is 44.1 Å². The van der Waals surface area contributed by atoms with Gasteiger partial charge in [0, 0.05) is 18.4 Å². The summed E-state index contributed by atoms with van der Waals surface area (Å²) in [5, 5.41) is 7.06. The molecule has 4 rings (SSSR count). The normalized spacial score (nSPS) is 20.0. The van der Waals surface area contributed by atoms with E-state index in [0.29, 0.717) is 12.1 Å². The Morgan fingerprint density at radius 2 is 1.90 bits per heavy atom. The fourth-order valence-electron chi connectivity index (χ4n) is 4.30. The molecule has 6 heteroatoms. The number of fused-ring (bicyclic) bond motifs is 1. The van der Waals surface area contributed by atoms with Crippen LogP contribution in [0.1, 0.15) is 46.3 Å². The van der Waals surface area contributed by atoms with Gasteiger partial charge in [-0.1, -0.05) is 47.6 Å². The van der Waals surface area contributed by atoms with E-state index in [9.17, 15) is 9.59 Å². The quantitative estimate of drug-likeness (QED) is 0.748. The molecule has 2 aromatic rings. The molecule has 1 aliphatic carbocycles. The number of nitrogens with one attached hydrogen (secondary N) is 1. The van der Waals surface area contributed by atoms with Crippen LogP contribution < -0.4 is 5.32 Å². The Hall–Kier alpha value is -3.15. The first-order chi connectivity index (χ1) is 14.6. The number of oxime groups is 1. The number of ether oxygens (including phenoxy) is 1. The number of carbonyl (C=O) groups is 2. The van der Waals surface area contributed by atoms with Crippen molar-refractivity contribution in [3.63, 3.8) is 0 Å². The second-order valence-corrected chi connectivity index (χ2v) is 7.91. The molecule has 1 amide bonds. The standard InChI is InChI=1S/C24H26N2O4/c1-29-23(28)24(14-17-8-3-2-4-9-17)15-19(26-30-24)16-25-22(27)21-13-7-11-18-10-5-6-12-20(18)21/h2-4,7-9,11,13H,5-6,10,12,14-16H2,1H3,(H,25,27). The van der Waals surface area contributed by atoms with Gasteiger partial charge in [0.1, 0.15) is 0 Å². The Morgan fingerprint density at radius 3 is 2.70 bits per heavy atom. The van der Waals surface area contributed by atoms with E-state index < -0.39 is 11.6 Å². The number of esters is 1. The number of benzene rings is 2. The van der Waals surface area contributed by atoms with Gasteiger partial charge in [0.15, 0.2) is 0 Å². The van der Waals surface area contributed by atoms with E-state index in [1.54, 1.807) is 0 Å². The zero-order chi connectivity index (χ0) is 21.0. The predicted octanol–water partition coefficient (Wildman–Crippen LogP) is 3.23. The van der Waals surface area contributed by atoms with Gasteiger partial charge in [0.05, 0.1) is 19.4 Å². The Kier molecular flexibility index (Phi) is 5.84. The highest BCUT2D eigenvalue weighted by Crippen LogP contribution is 2.30. The molecule has 0 saturated heterocycles. The topological polar surface area (TPSA) is 77.0 Å². The summed E-state index contributed by atoms with van der Waals surface area (Å²) >= 11 is 0. The Bertz CT molecular complexity index is 970. The van der Waals surface area contributed by atoms with E-state index >= 15 is 0 Å². The van der Waals surface area contributed by atoms with Gasteiger partial charge in [0.25, 0.3) is 5.91 Å². The van der Waals surface area contributed by atoms with Crippen LogP contribution in [0.25, 0.3) is 0 Å². The van der Waals surface area contributed by atoms with Crippen molar-refractivity contribution in [2.75, 3.05) is 13.7 Å². The molecule has 0 saturated carbocycles. The first-order valence-corrected chi connectivity index (χ1v) is 10.4. The highest BCUT2D eigenvalue weighted by Gasteiger charge is 2.47. The van der Waals surface area contributed by atoms with Crippen LogP contribution in [0.5, 0.6) is 0 Å². The van der Waals surface area contributed by atoms with Crippen LogP contribution in [0, 0.1) is 0 Å². The van der Waals surface area contributed by atoms with Gasteiger partial charge in [-0.05, 0) is 48.4 Å². The highest BCUT2D eigenvalue weighted by atomic mass is 16.7. The lowest BCUT2D eigenvalue weighted by atomic mass is 9.88. The molecular formula is C24H26N2O4. The Morgan fingerprint density at radius 1 is 1.10 bits per heavy atom. The molecule has 2 aromatic carbocycles. The van der Waals surface area contributed by atoms with Gasteiger partial charge in [-0.15, -0.1) is 0 Å². The third-order valence-corrected chi connectivity index (χ3v) is 5.82. The molecule has 156 valence electrons. The van der Waals surface area contributed by atoms with Crippen LogP contribution in [0.2, 0.25) is 0 Å². The third kappa shape index (κ3) is 4.08. The summed E-state index contributed by atoms with van der Waals surface area (Å²) in [6.45, 7) is 0.232. The zero-order valence-corrected chi connectivity index (χ0v) is 17.1. The zero-order valence-electron chi connectivity index (χ0n) is 17.1. The first-order valence-electron chi connectivity index (χ1n) is 10.4. The number of hydrogen-bond acceptors (Lipinski definition) is 5. The van der Waals surface area contributed by atoms with Crippen molar-refractivity contribution in [2.24, 2.45) is 5.16 Å². The van der Waals surface area contributed by atoms with Gasteiger partial charge < -0.3 is 14.9 Å². The molecule has 1 atom stereocenters. The molecular weight excluding hydrogens is 380 g/mol. The molecule has 0 aromatic heterocycles. The van der Waals surface area contributed by atoms with Crippen molar-refractivity contribution >= 4 is 17.6 Å². The van der Waals surface area contributed by atoms with E-state index in [4.69, 9.17) is 9.57 Å². The number of carbonyl (C=O) groups excluding carboxylic acids is 2. The number of nitrogens with zero attached hydrogens (tertiary/aromatic N) is 1. The minimum Gasteiger partial charge on any atom is -0.466 e. The van der Waals surface area contributed by atoms with Gasteiger partial charge in [0.2, 0.25) is 5.60 Å². The summed E-state index contributed by atoms with van der Waals surface area (Å²) in [5.74, 6) is -0.580. The summed E-state index contributed by atoms with van der Waals surface area (Å²) in [4.78, 5) is 30.9. The van der Waals surface area contributed by atoms with Crippen LogP contribution in [0.3, 0.4) is 0 Å². The van der Waals surface area contributed by atoms with Crippen LogP contribution in [-0.4, -0.2) is 36.8 Å². The minimum atomic E-state index is -1.19. The number of hydrogen-bond donors (Lipinski definition) is 1. The molecule has 0 fully saturated rings. The second kappa shape index (κ2) is 8.69. The van der Waals surface area contributed by atoms with Crippen LogP contribution in [0.4, 0.5) is 0 Å². The number of amides is 1. The molecule has 6 nitrogen and oxygen atoms in total. The average Bonchev–Trinajstić information content (AvgIpc) is 3.21. The Balaban J connectivity index is 1.42. The number of methoxy groups -OCH3 is 1. The maximum Gasteiger partial charge on any atom is 0.353 e. The molecule has 0 radical (unpaired) electrons. The fraction of sp³-hybridized carbons (Fsp3) is 0.375. The molecule has 2 aliphatic rings. The van der Waals surface area contributed by atoms with E-state index in [1.165, 1.54) is 19.1 Å². The lowest BCUT2D eigenvalue weighted by Gasteiger charge is -2.23. The monoisotopic (exact) mass is 406 g/mol. The fourth-order valence-corrected chi connectivity index (χ4v) is 4.30. The predicted molar refractivity (Wildman–Crippen MR) is 113 cm³/mol. The minimum absolute atomic E-state index is 0.116. The molecule has 0 bridgehead atoms. The molecule has 1 aliphatic heterocycles. The summed E-state index contributed by atoms with van der Waals surface area (Å²) < 4.78 is 4.99. The van der Waals surface area contributed by atoms with Gasteiger partial charge in [-0.25, -0.2) is 4.79 Å². The van der Waals surface area contributed by atoms with E-state index in [2.05, 4.69) is 16.5 Å². The Labute approximate surface area is 176 Å². The molecule has 1 heterocycles. The van der Waals surface area contributed by atoms with Crippen molar-refractivity contribution in [1.29, 1.82) is 0 Å². The summed E-state index contributed by atoms with van der Waals surface area (Å²) in [6.07, 6.45) is 4.88. The maximum absolute atomic E-state index is 12.8. The van der Waals surface area contributed by atoms with E-state index in [-0.39, 0.29) is 18.9 Å². The first kappa shape index (κ1) is 20.1. The van der Waals surface area contributed by atoms with Crippen LogP contribution in [-0.2, 0) is 33.6 Å². The molecule has 0 spiro atoms. The lowest BCUT2D eigenvalue weighted by Crippen LogP contribution is -2.43.